The number of rotatable bonds is 4. The predicted molar refractivity (Wildman–Crippen MR) is 62.4 cm³/mol. The van der Waals surface area contributed by atoms with Crippen LogP contribution in [0.25, 0.3) is 0 Å². The zero-order valence-corrected chi connectivity index (χ0v) is 9.50. The molecule has 1 aliphatic rings. The normalized spacial score (nSPS) is 15.5. The molecule has 3 N–H and O–H groups in total. The molecule has 17 heavy (non-hydrogen) atoms. The third kappa shape index (κ3) is 2.75. The Labute approximate surface area is 99.8 Å². The van der Waals surface area contributed by atoms with E-state index >= 15 is 0 Å². The second kappa shape index (κ2) is 5.16. The molecule has 1 aromatic carbocycles. The summed E-state index contributed by atoms with van der Waals surface area (Å²) < 4.78 is 5.43. The highest BCUT2D eigenvalue weighted by molar-refractivity contribution is 5.78. The lowest BCUT2D eigenvalue weighted by atomic mass is 10.2. The lowest BCUT2D eigenvalue weighted by molar-refractivity contribution is -0.143. The molecule has 1 aliphatic heterocycles. The summed E-state index contributed by atoms with van der Waals surface area (Å²) in [6.45, 7) is 1.18. The number of β-amino-alcohol motifs (C(OH)–C–C–N with tert-alkyl or cyclic N) is 1. The minimum absolute atomic E-state index is 0.0102. The smallest absolute Gasteiger partial charge is 0.260 e. The number of carbonyl (C=O) groups excluding carboxylic acids is 1. The molecule has 0 radical (unpaired) electrons. The molecule has 92 valence electrons. The summed E-state index contributed by atoms with van der Waals surface area (Å²) in [5.74, 6) is 0.534. The Balaban J connectivity index is 1.87. The first kappa shape index (κ1) is 11.9. The van der Waals surface area contributed by atoms with Gasteiger partial charge in [0, 0.05) is 25.2 Å². The van der Waals surface area contributed by atoms with Crippen molar-refractivity contribution < 1.29 is 14.6 Å². The van der Waals surface area contributed by atoms with E-state index in [0.717, 1.165) is 5.56 Å². The second-order valence-corrected chi connectivity index (χ2v) is 4.05. The zero-order valence-electron chi connectivity index (χ0n) is 9.50. The number of amides is 1. The fourth-order valence-corrected chi connectivity index (χ4v) is 1.70. The van der Waals surface area contributed by atoms with Crippen LogP contribution in [0.15, 0.2) is 24.3 Å². The second-order valence-electron chi connectivity index (χ2n) is 4.05. The first-order valence-corrected chi connectivity index (χ1v) is 5.57. The van der Waals surface area contributed by atoms with Gasteiger partial charge in [0.05, 0.1) is 6.10 Å². The Hall–Kier alpha value is -1.59. The van der Waals surface area contributed by atoms with Crippen molar-refractivity contribution >= 4 is 5.91 Å². The minimum atomic E-state index is -0.379. The Kier molecular flexibility index (Phi) is 3.61. The zero-order chi connectivity index (χ0) is 12.3. The van der Waals surface area contributed by atoms with Crippen LogP contribution in [0.4, 0.5) is 0 Å². The number of benzene rings is 1. The first-order chi connectivity index (χ1) is 8.20. The third-order valence-corrected chi connectivity index (χ3v) is 2.76. The number of aliphatic hydroxyl groups is 1. The number of likely N-dealkylation sites (tertiary alicyclic amines) is 1. The Morgan fingerprint density at radius 2 is 2.18 bits per heavy atom. The van der Waals surface area contributed by atoms with Crippen LogP contribution in [0.1, 0.15) is 5.56 Å². The van der Waals surface area contributed by atoms with Crippen LogP contribution in [0.3, 0.4) is 0 Å². The van der Waals surface area contributed by atoms with Gasteiger partial charge in [-0.25, -0.2) is 0 Å². The van der Waals surface area contributed by atoms with Crippen molar-refractivity contribution in [2.24, 2.45) is 5.73 Å². The topological polar surface area (TPSA) is 75.8 Å². The number of para-hydroxylation sites is 1. The van der Waals surface area contributed by atoms with Crippen molar-refractivity contribution in [3.63, 3.8) is 0 Å². The SMILES string of the molecule is NCc1ccccc1OCC(=O)N1CC(O)C1. The highest BCUT2D eigenvalue weighted by Gasteiger charge is 2.28. The molecule has 1 aromatic rings. The number of nitrogens with zero attached hydrogens (tertiary/aromatic N) is 1. The number of aliphatic hydroxyl groups excluding tert-OH is 1. The number of carbonyl (C=O) groups is 1. The standard InChI is InChI=1S/C12H16N2O3/c13-5-9-3-1-2-4-11(9)17-8-12(16)14-6-10(15)7-14/h1-4,10,15H,5-8,13H2. The van der Waals surface area contributed by atoms with E-state index in [4.69, 9.17) is 15.6 Å². The van der Waals surface area contributed by atoms with Gasteiger partial charge in [0.1, 0.15) is 5.75 Å². The average molecular weight is 236 g/mol. The molecule has 1 saturated heterocycles. The van der Waals surface area contributed by atoms with Crippen molar-refractivity contribution in [1.82, 2.24) is 4.90 Å². The van der Waals surface area contributed by atoms with E-state index in [1.54, 1.807) is 11.0 Å². The van der Waals surface area contributed by atoms with Gasteiger partial charge in [-0.2, -0.15) is 0 Å². The van der Waals surface area contributed by atoms with Crippen molar-refractivity contribution in [3.8, 4) is 5.75 Å². The van der Waals surface area contributed by atoms with Crippen molar-refractivity contribution in [3.05, 3.63) is 29.8 Å². The van der Waals surface area contributed by atoms with E-state index in [0.29, 0.717) is 25.4 Å². The molecule has 0 atom stereocenters. The Morgan fingerprint density at radius 1 is 1.47 bits per heavy atom. The molecule has 0 aromatic heterocycles. The molecule has 2 rings (SSSR count). The van der Waals surface area contributed by atoms with Crippen LogP contribution >= 0.6 is 0 Å². The predicted octanol–water partition coefficient (Wildman–Crippen LogP) is -0.273. The van der Waals surface area contributed by atoms with Crippen LogP contribution < -0.4 is 10.5 Å². The minimum Gasteiger partial charge on any atom is -0.483 e. The van der Waals surface area contributed by atoms with Gasteiger partial charge in [0.25, 0.3) is 5.91 Å². The van der Waals surface area contributed by atoms with Gasteiger partial charge in [-0.3, -0.25) is 4.79 Å². The van der Waals surface area contributed by atoms with Crippen molar-refractivity contribution in [1.29, 1.82) is 0 Å². The van der Waals surface area contributed by atoms with Gasteiger partial charge >= 0.3 is 0 Å². The largest absolute Gasteiger partial charge is 0.483 e. The van der Waals surface area contributed by atoms with Crippen molar-refractivity contribution in [2.75, 3.05) is 19.7 Å². The maximum absolute atomic E-state index is 11.6. The molecule has 1 fully saturated rings. The van der Waals surface area contributed by atoms with E-state index in [2.05, 4.69) is 0 Å². The summed E-state index contributed by atoms with van der Waals surface area (Å²) in [7, 11) is 0. The average Bonchev–Trinajstić information content (AvgIpc) is 2.32. The highest BCUT2D eigenvalue weighted by atomic mass is 16.5. The maximum Gasteiger partial charge on any atom is 0.260 e. The molecule has 0 unspecified atom stereocenters. The third-order valence-electron chi connectivity index (χ3n) is 2.76. The summed E-state index contributed by atoms with van der Waals surface area (Å²) in [5.41, 5.74) is 6.44. The molecule has 1 heterocycles. The van der Waals surface area contributed by atoms with Gasteiger partial charge in [-0.05, 0) is 6.07 Å². The van der Waals surface area contributed by atoms with Crippen molar-refractivity contribution in [2.45, 2.75) is 12.6 Å². The Morgan fingerprint density at radius 3 is 2.82 bits per heavy atom. The molecule has 0 bridgehead atoms. The quantitative estimate of drug-likeness (QED) is 0.754. The number of hydrogen-bond acceptors (Lipinski definition) is 4. The van der Waals surface area contributed by atoms with Crippen LogP contribution in [-0.2, 0) is 11.3 Å². The van der Waals surface area contributed by atoms with Crippen LogP contribution in [-0.4, -0.2) is 41.7 Å². The number of hydrogen-bond donors (Lipinski definition) is 2. The van der Waals surface area contributed by atoms with E-state index in [1.807, 2.05) is 18.2 Å². The monoisotopic (exact) mass is 236 g/mol. The van der Waals surface area contributed by atoms with E-state index in [9.17, 15) is 4.79 Å². The highest BCUT2D eigenvalue weighted by Crippen LogP contribution is 2.17. The van der Waals surface area contributed by atoms with E-state index < -0.39 is 0 Å². The van der Waals surface area contributed by atoms with E-state index in [-0.39, 0.29) is 18.6 Å². The summed E-state index contributed by atoms with van der Waals surface area (Å²) >= 11 is 0. The fraction of sp³-hybridized carbons (Fsp3) is 0.417. The summed E-state index contributed by atoms with van der Waals surface area (Å²) in [6.07, 6.45) is -0.379. The maximum atomic E-state index is 11.6. The van der Waals surface area contributed by atoms with Gasteiger partial charge < -0.3 is 20.5 Å². The lowest BCUT2D eigenvalue weighted by Gasteiger charge is -2.35. The Bertz CT molecular complexity index is 402. The summed E-state index contributed by atoms with van der Waals surface area (Å²) in [5, 5.41) is 9.08. The molecule has 0 spiro atoms. The molecule has 5 heteroatoms. The van der Waals surface area contributed by atoms with Gasteiger partial charge in [0.15, 0.2) is 6.61 Å². The van der Waals surface area contributed by atoms with Crippen LogP contribution in [0.5, 0.6) is 5.75 Å². The molecule has 5 nitrogen and oxygen atoms in total. The first-order valence-electron chi connectivity index (χ1n) is 5.57. The van der Waals surface area contributed by atoms with Crippen LogP contribution in [0.2, 0.25) is 0 Å². The molecule has 0 saturated carbocycles. The van der Waals surface area contributed by atoms with Gasteiger partial charge in [0.2, 0.25) is 0 Å². The molecular weight excluding hydrogens is 220 g/mol. The summed E-state index contributed by atoms with van der Waals surface area (Å²) in [6, 6.07) is 7.38. The van der Waals surface area contributed by atoms with Gasteiger partial charge in [-0.1, -0.05) is 18.2 Å². The molecular formula is C12H16N2O3. The number of nitrogens with two attached hydrogens (primary N) is 1. The van der Waals surface area contributed by atoms with Gasteiger partial charge in [-0.15, -0.1) is 0 Å². The lowest BCUT2D eigenvalue weighted by Crippen LogP contribution is -2.54. The molecule has 0 aliphatic carbocycles. The van der Waals surface area contributed by atoms with E-state index in [1.165, 1.54) is 0 Å². The number of ether oxygens (including phenoxy) is 1. The summed E-state index contributed by atoms with van der Waals surface area (Å²) in [4.78, 5) is 13.2. The van der Waals surface area contributed by atoms with Crippen LogP contribution in [0, 0.1) is 0 Å². The fourth-order valence-electron chi connectivity index (χ4n) is 1.70. The molecule has 1 amide bonds.